The molecule has 1 fully saturated rings. The van der Waals surface area contributed by atoms with Gasteiger partial charge in [0.1, 0.15) is 0 Å². The summed E-state index contributed by atoms with van der Waals surface area (Å²) < 4.78 is 0. The molecule has 2 aromatic rings. The van der Waals surface area contributed by atoms with Crippen LogP contribution in [0.5, 0.6) is 0 Å². The number of aliphatic hydroxyl groups excluding tert-OH is 1. The van der Waals surface area contributed by atoms with Gasteiger partial charge in [-0.1, -0.05) is 25.1 Å². The lowest BCUT2D eigenvalue weighted by Gasteiger charge is -2.16. The number of aryl methyl sites for hydroxylation is 2. The summed E-state index contributed by atoms with van der Waals surface area (Å²) >= 11 is 0. The van der Waals surface area contributed by atoms with Crippen molar-refractivity contribution in [3.05, 3.63) is 47.3 Å². The Morgan fingerprint density at radius 1 is 1.29 bits per heavy atom. The van der Waals surface area contributed by atoms with Crippen molar-refractivity contribution in [1.82, 2.24) is 15.1 Å². The highest BCUT2D eigenvalue weighted by Gasteiger charge is 2.34. The van der Waals surface area contributed by atoms with Gasteiger partial charge >= 0.3 is 0 Å². The third-order valence-corrected chi connectivity index (χ3v) is 5.23. The SMILES string of the molecule is CCc1ccccc1NC(=O)CCC(=O)N1C[C@@H](Cc2cc(C)[nH]n2)[C@@H](O)C1. The first-order chi connectivity index (χ1) is 13.5. The highest BCUT2D eigenvalue weighted by atomic mass is 16.3. The van der Waals surface area contributed by atoms with Crippen LogP contribution >= 0.6 is 0 Å². The van der Waals surface area contributed by atoms with E-state index in [1.54, 1.807) is 4.90 Å². The quantitative estimate of drug-likeness (QED) is 0.680. The first-order valence-electron chi connectivity index (χ1n) is 9.80. The second-order valence-electron chi connectivity index (χ2n) is 7.43. The predicted molar refractivity (Wildman–Crippen MR) is 107 cm³/mol. The number of aromatic nitrogens is 2. The van der Waals surface area contributed by atoms with Crippen LogP contribution in [0, 0.1) is 12.8 Å². The number of rotatable bonds is 7. The molecule has 0 spiro atoms. The maximum atomic E-state index is 12.5. The van der Waals surface area contributed by atoms with Crippen LogP contribution in [0.3, 0.4) is 0 Å². The van der Waals surface area contributed by atoms with Crippen LogP contribution in [0.1, 0.15) is 36.7 Å². The van der Waals surface area contributed by atoms with E-state index in [1.807, 2.05) is 44.2 Å². The number of anilines is 1. The smallest absolute Gasteiger partial charge is 0.224 e. The molecule has 150 valence electrons. The van der Waals surface area contributed by atoms with E-state index in [0.29, 0.717) is 19.5 Å². The number of carbonyl (C=O) groups is 2. The Kier molecular flexibility index (Phi) is 6.46. The zero-order valence-electron chi connectivity index (χ0n) is 16.4. The maximum Gasteiger partial charge on any atom is 0.224 e. The van der Waals surface area contributed by atoms with E-state index in [-0.39, 0.29) is 30.6 Å². The van der Waals surface area contributed by atoms with Gasteiger partial charge in [0.2, 0.25) is 11.8 Å². The largest absolute Gasteiger partial charge is 0.391 e. The Balaban J connectivity index is 1.47. The molecule has 2 amide bonds. The average molecular weight is 384 g/mol. The Labute approximate surface area is 165 Å². The fourth-order valence-corrected chi connectivity index (χ4v) is 3.65. The molecule has 0 saturated carbocycles. The van der Waals surface area contributed by atoms with Gasteiger partial charge in [0.25, 0.3) is 0 Å². The molecule has 7 heteroatoms. The summed E-state index contributed by atoms with van der Waals surface area (Å²) in [4.78, 5) is 26.4. The van der Waals surface area contributed by atoms with Crippen molar-refractivity contribution in [1.29, 1.82) is 0 Å². The van der Waals surface area contributed by atoms with Crippen molar-refractivity contribution in [2.45, 2.75) is 45.6 Å². The summed E-state index contributed by atoms with van der Waals surface area (Å²) in [5.41, 5.74) is 3.74. The topological polar surface area (TPSA) is 98.3 Å². The lowest BCUT2D eigenvalue weighted by atomic mass is 10.0. The molecule has 0 unspecified atom stereocenters. The number of aliphatic hydroxyl groups is 1. The lowest BCUT2D eigenvalue weighted by Crippen LogP contribution is -2.30. The van der Waals surface area contributed by atoms with Crippen molar-refractivity contribution < 1.29 is 14.7 Å². The number of benzene rings is 1. The standard InChI is InChI=1S/C21H28N4O3/c1-3-15-6-4-5-7-18(15)22-20(27)8-9-21(28)25-12-16(19(26)13-25)11-17-10-14(2)23-24-17/h4-7,10,16,19,26H,3,8-9,11-13H2,1-2H3,(H,22,27)(H,23,24)/t16-,19+/m1/s1. The first kappa shape index (κ1) is 20.1. The molecule has 1 aromatic carbocycles. The van der Waals surface area contributed by atoms with E-state index < -0.39 is 6.10 Å². The van der Waals surface area contributed by atoms with Crippen molar-refractivity contribution in [2.75, 3.05) is 18.4 Å². The van der Waals surface area contributed by atoms with Crippen LogP contribution < -0.4 is 5.32 Å². The molecule has 1 aliphatic rings. The van der Waals surface area contributed by atoms with Gasteiger partial charge in [0.05, 0.1) is 11.8 Å². The van der Waals surface area contributed by atoms with Crippen LogP contribution in [0.2, 0.25) is 0 Å². The Bertz CT molecular complexity index is 833. The molecule has 1 aliphatic heterocycles. The summed E-state index contributed by atoms with van der Waals surface area (Å²) in [5.74, 6) is -0.298. The molecule has 1 aromatic heterocycles. The number of amides is 2. The molecule has 0 radical (unpaired) electrons. The van der Waals surface area contributed by atoms with E-state index in [1.165, 1.54) is 0 Å². The molecular weight excluding hydrogens is 356 g/mol. The minimum Gasteiger partial charge on any atom is -0.391 e. The summed E-state index contributed by atoms with van der Waals surface area (Å²) in [6.07, 6.45) is 1.17. The van der Waals surface area contributed by atoms with Crippen LogP contribution in [0.4, 0.5) is 5.69 Å². The van der Waals surface area contributed by atoms with Gasteiger partial charge in [0, 0.05) is 43.2 Å². The van der Waals surface area contributed by atoms with Crippen LogP contribution in [0.25, 0.3) is 0 Å². The van der Waals surface area contributed by atoms with Gasteiger partial charge in [-0.15, -0.1) is 0 Å². The zero-order chi connectivity index (χ0) is 20.1. The zero-order valence-corrected chi connectivity index (χ0v) is 16.4. The van der Waals surface area contributed by atoms with Gasteiger partial charge in [-0.3, -0.25) is 14.7 Å². The van der Waals surface area contributed by atoms with E-state index in [0.717, 1.165) is 29.1 Å². The molecule has 7 nitrogen and oxygen atoms in total. The summed E-state index contributed by atoms with van der Waals surface area (Å²) in [6.45, 7) is 4.77. The van der Waals surface area contributed by atoms with Crippen LogP contribution in [0.15, 0.2) is 30.3 Å². The van der Waals surface area contributed by atoms with Gasteiger partial charge in [-0.25, -0.2) is 0 Å². The molecule has 0 bridgehead atoms. The summed E-state index contributed by atoms with van der Waals surface area (Å²) in [5, 5.41) is 20.3. The fourth-order valence-electron chi connectivity index (χ4n) is 3.65. The first-order valence-corrected chi connectivity index (χ1v) is 9.80. The molecule has 2 heterocycles. The Hall–Kier alpha value is -2.67. The molecule has 1 saturated heterocycles. The number of β-amino-alcohol motifs (C(OH)–C–C–N with tert-alkyl or cyclic N) is 1. The maximum absolute atomic E-state index is 12.5. The number of H-pyrrole nitrogens is 1. The van der Waals surface area contributed by atoms with E-state index >= 15 is 0 Å². The van der Waals surface area contributed by atoms with E-state index in [2.05, 4.69) is 15.5 Å². The van der Waals surface area contributed by atoms with Crippen LogP contribution in [-0.4, -0.2) is 51.2 Å². The number of hydrogen-bond acceptors (Lipinski definition) is 4. The van der Waals surface area contributed by atoms with Crippen molar-refractivity contribution in [3.8, 4) is 0 Å². The summed E-state index contributed by atoms with van der Waals surface area (Å²) in [6, 6.07) is 9.63. The second kappa shape index (κ2) is 9.01. The molecule has 2 atom stereocenters. The Morgan fingerprint density at radius 2 is 2.07 bits per heavy atom. The van der Waals surface area contributed by atoms with Gasteiger partial charge in [-0.2, -0.15) is 5.10 Å². The molecule has 3 rings (SSSR count). The van der Waals surface area contributed by atoms with Gasteiger partial charge in [0.15, 0.2) is 0 Å². The Morgan fingerprint density at radius 3 is 2.79 bits per heavy atom. The van der Waals surface area contributed by atoms with Crippen LogP contribution in [-0.2, 0) is 22.4 Å². The monoisotopic (exact) mass is 384 g/mol. The number of aromatic amines is 1. The van der Waals surface area contributed by atoms with Gasteiger partial charge in [-0.05, 0) is 37.5 Å². The van der Waals surface area contributed by atoms with Crippen molar-refractivity contribution >= 4 is 17.5 Å². The lowest BCUT2D eigenvalue weighted by molar-refractivity contribution is -0.132. The van der Waals surface area contributed by atoms with Gasteiger partial charge < -0.3 is 15.3 Å². The molecule has 0 aliphatic carbocycles. The fraction of sp³-hybridized carbons (Fsp3) is 0.476. The highest BCUT2D eigenvalue weighted by molar-refractivity contribution is 5.93. The van der Waals surface area contributed by atoms with Crippen molar-refractivity contribution in [3.63, 3.8) is 0 Å². The normalized spacial score (nSPS) is 19.0. The van der Waals surface area contributed by atoms with E-state index in [9.17, 15) is 14.7 Å². The number of hydrogen-bond donors (Lipinski definition) is 3. The highest BCUT2D eigenvalue weighted by Crippen LogP contribution is 2.22. The molecule has 28 heavy (non-hydrogen) atoms. The number of carbonyl (C=O) groups excluding carboxylic acids is 2. The summed E-state index contributed by atoms with van der Waals surface area (Å²) in [7, 11) is 0. The van der Waals surface area contributed by atoms with E-state index in [4.69, 9.17) is 0 Å². The predicted octanol–water partition coefficient (Wildman–Crippen LogP) is 2.06. The number of para-hydroxylation sites is 1. The minimum atomic E-state index is -0.564. The minimum absolute atomic E-state index is 0.0306. The molecule has 3 N–H and O–H groups in total. The molecular formula is C21H28N4O3. The number of likely N-dealkylation sites (tertiary alicyclic amines) is 1. The second-order valence-corrected chi connectivity index (χ2v) is 7.43. The third-order valence-electron chi connectivity index (χ3n) is 5.23. The number of nitrogens with zero attached hydrogens (tertiary/aromatic N) is 2. The number of nitrogens with one attached hydrogen (secondary N) is 2. The van der Waals surface area contributed by atoms with Crippen molar-refractivity contribution in [2.24, 2.45) is 5.92 Å². The third kappa shape index (κ3) is 4.98. The average Bonchev–Trinajstić information content (AvgIpc) is 3.26.